The lowest BCUT2D eigenvalue weighted by atomic mass is 10.2. The van der Waals surface area contributed by atoms with Gasteiger partial charge in [0.25, 0.3) is 0 Å². The number of piperazine rings is 1. The maximum absolute atomic E-state index is 12.7. The molecule has 0 aliphatic carbocycles. The Labute approximate surface area is 174 Å². The van der Waals surface area contributed by atoms with E-state index in [1.165, 1.54) is 5.69 Å². The average Bonchev–Trinajstić information content (AvgIpc) is 2.78. The molecule has 2 aromatic carbocycles. The SMILES string of the molecule is CCC(CS(=O)(=O)c1ccccc1)NC(=NC)N1CCN(c2ccccc2)CC1. The Balaban J connectivity index is 1.60. The van der Waals surface area contributed by atoms with Crippen LogP contribution in [0.2, 0.25) is 0 Å². The molecule has 3 rings (SSSR count). The predicted molar refractivity (Wildman–Crippen MR) is 119 cm³/mol. The molecule has 1 heterocycles. The van der Waals surface area contributed by atoms with Gasteiger partial charge >= 0.3 is 0 Å². The molecule has 7 heteroatoms. The molecule has 0 radical (unpaired) electrons. The number of nitrogens with zero attached hydrogens (tertiary/aromatic N) is 3. The smallest absolute Gasteiger partial charge is 0.194 e. The molecule has 0 aromatic heterocycles. The Morgan fingerprint density at radius 2 is 1.59 bits per heavy atom. The third-order valence-corrected chi connectivity index (χ3v) is 7.09. The molecule has 1 atom stereocenters. The lowest BCUT2D eigenvalue weighted by Crippen LogP contribution is -2.55. The van der Waals surface area contributed by atoms with Crippen molar-refractivity contribution >= 4 is 21.5 Å². The van der Waals surface area contributed by atoms with E-state index in [0.717, 1.165) is 32.1 Å². The molecule has 29 heavy (non-hydrogen) atoms. The molecule has 6 nitrogen and oxygen atoms in total. The van der Waals surface area contributed by atoms with Gasteiger partial charge < -0.3 is 15.1 Å². The monoisotopic (exact) mass is 414 g/mol. The number of sulfone groups is 1. The molecule has 1 fully saturated rings. The summed E-state index contributed by atoms with van der Waals surface area (Å²) in [5, 5.41) is 3.38. The molecular weight excluding hydrogens is 384 g/mol. The Kier molecular flexibility index (Phi) is 7.14. The van der Waals surface area contributed by atoms with Crippen molar-refractivity contribution in [3.05, 3.63) is 60.7 Å². The fraction of sp³-hybridized carbons (Fsp3) is 0.409. The van der Waals surface area contributed by atoms with Crippen LogP contribution in [0, 0.1) is 0 Å². The molecule has 0 amide bonds. The van der Waals surface area contributed by atoms with Gasteiger partial charge in [0.05, 0.1) is 10.6 Å². The molecule has 1 saturated heterocycles. The van der Waals surface area contributed by atoms with Gasteiger partial charge in [-0.15, -0.1) is 0 Å². The summed E-state index contributed by atoms with van der Waals surface area (Å²) in [4.78, 5) is 9.35. The van der Waals surface area contributed by atoms with Gasteiger partial charge in [0, 0.05) is 45.0 Å². The Morgan fingerprint density at radius 3 is 2.14 bits per heavy atom. The molecule has 1 aliphatic rings. The van der Waals surface area contributed by atoms with Crippen LogP contribution in [0.1, 0.15) is 13.3 Å². The molecule has 1 unspecified atom stereocenters. The highest BCUT2D eigenvalue weighted by Crippen LogP contribution is 2.16. The second-order valence-electron chi connectivity index (χ2n) is 7.20. The molecule has 2 aromatic rings. The van der Waals surface area contributed by atoms with Crippen LogP contribution < -0.4 is 10.2 Å². The highest BCUT2D eigenvalue weighted by atomic mass is 32.2. The second-order valence-corrected chi connectivity index (χ2v) is 9.24. The van der Waals surface area contributed by atoms with Crippen LogP contribution in [0.4, 0.5) is 5.69 Å². The minimum absolute atomic E-state index is 0.0521. The third kappa shape index (κ3) is 5.50. The summed E-state index contributed by atoms with van der Waals surface area (Å²) in [7, 11) is -1.59. The van der Waals surface area contributed by atoms with Crippen molar-refractivity contribution < 1.29 is 8.42 Å². The van der Waals surface area contributed by atoms with Crippen LogP contribution in [0.5, 0.6) is 0 Å². The van der Waals surface area contributed by atoms with Crippen LogP contribution in [0.25, 0.3) is 0 Å². The minimum atomic E-state index is -3.35. The topological polar surface area (TPSA) is 65.0 Å². The van der Waals surface area contributed by atoms with E-state index in [4.69, 9.17) is 0 Å². The van der Waals surface area contributed by atoms with Crippen molar-refractivity contribution in [1.82, 2.24) is 10.2 Å². The molecule has 156 valence electrons. The van der Waals surface area contributed by atoms with Crippen LogP contribution in [-0.2, 0) is 9.84 Å². The summed E-state index contributed by atoms with van der Waals surface area (Å²) in [6.07, 6.45) is 0.703. The molecule has 0 spiro atoms. The van der Waals surface area contributed by atoms with Gasteiger partial charge in [-0.3, -0.25) is 4.99 Å². The van der Waals surface area contributed by atoms with Gasteiger partial charge in [0.1, 0.15) is 0 Å². The third-order valence-electron chi connectivity index (χ3n) is 5.26. The number of guanidine groups is 1. The Bertz CT molecular complexity index is 893. The van der Waals surface area contributed by atoms with Gasteiger partial charge in [-0.05, 0) is 30.7 Å². The highest BCUT2D eigenvalue weighted by Gasteiger charge is 2.24. The summed E-state index contributed by atoms with van der Waals surface area (Å²) in [6, 6.07) is 18.9. The summed E-state index contributed by atoms with van der Waals surface area (Å²) >= 11 is 0. The normalized spacial score (nSPS) is 16.6. The maximum Gasteiger partial charge on any atom is 0.194 e. The van der Waals surface area contributed by atoms with Crippen LogP contribution in [0.3, 0.4) is 0 Å². The quantitative estimate of drug-likeness (QED) is 0.582. The first-order valence-electron chi connectivity index (χ1n) is 10.1. The van der Waals surface area contributed by atoms with E-state index in [1.807, 2.05) is 19.1 Å². The number of aliphatic imine (C=N–C) groups is 1. The van der Waals surface area contributed by atoms with Gasteiger partial charge in [-0.25, -0.2) is 8.42 Å². The first-order valence-corrected chi connectivity index (χ1v) is 11.7. The van der Waals surface area contributed by atoms with Gasteiger partial charge in [-0.2, -0.15) is 0 Å². The zero-order valence-electron chi connectivity index (χ0n) is 17.2. The molecular formula is C22H30N4O2S. The number of hydrogen-bond donors (Lipinski definition) is 1. The second kappa shape index (κ2) is 9.78. The highest BCUT2D eigenvalue weighted by molar-refractivity contribution is 7.91. The van der Waals surface area contributed by atoms with Crippen molar-refractivity contribution in [2.75, 3.05) is 43.9 Å². The van der Waals surface area contributed by atoms with E-state index in [2.05, 4.69) is 44.4 Å². The largest absolute Gasteiger partial charge is 0.368 e. The van der Waals surface area contributed by atoms with Crippen LogP contribution >= 0.6 is 0 Å². The van der Waals surface area contributed by atoms with E-state index >= 15 is 0 Å². The van der Waals surface area contributed by atoms with Crippen molar-refractivity contribution in [3.63, 3.8) is 0 Å². The first kappa shape index (κ1) is 21.2. The van der Waals surface area contributed by atoms with E-state index in [0.29, 0.717) is 11.3 Å². The van der Waals surface area contributed by atoms with Crippen molar-refractivity contribution in [2.24, 2.45) is 4.99 Å². The lowest BCUT2D eigenvalue weighted by molar-refractivity contribution is 0.367. The molecule has 0 saturated carbocycles. The van der Waals surface area contributed by atoms with Crippen molar-refractivity contribution in [1.29, 1.82) is 0 Å². The Hall–Kier alpha value is -2.54. The maximum atomic E-state index is 12.7. The first-order chi connectivity index (χ1) is 14.0. The minimum Gasteiger partial charge on any atom is -0.368 e. The van der Waals surface area contributed by atoms with Crippen molar-refractivity contribution in [3.8, 4) is 0 Å². The molecule has 1 aliphatic heterocycles. The van der Waals surface area contributed by atoms with Crippen LogP contribution in [0.15, 0.2) is 70.6 Å². The zero-order chi connectivity index (χ0) is 20.7. The molecule has 0 bridgehead atoms. The summed E-state index contributed by atoms with van der Waals surface area (Å²) in [5.74, 6) is 0.823. The number of anilines is 1. The fourth-order valence-corrected chi connectivity index (χ4v) is 5.16. The number of hydrogen-bond acceptors (Lipinski definition) is 4. The van der Waals surface area contributed by atoms with Gasteiger partial charge in [-0.1, -0.05) is 43.3 Å². The lowest BCUT2D eigenvalue weighted by Gasteiger charge is -2.38. The molecule has 1 N–H and O–H groups in total. The summed E-state index contributed by atoms with van der Waals surface area (Å²) in [5.41, 5.74) is 1.23. The standard InChI is InChI=1S/C22H30N4O2S/c1-3-19(18-29(27,28)21-12-8-5-9-13-21)24-22(23-2)26-16-14-25(15-17-26)20-10-6-4-7-11-20/h4-13,19H,3,14-18H2,1-2H3,(H,23,24). The Morgan fingerprint density at radius 1 is 1.00 bits per heavy atom. The van der Waals surface area contributed by atoms with E-state index in [-0.39, 0.29) is 11.8 Å². The number of para-hydroxylation sites is 1. The number of rotatable bonds is 6. The van der Waals surface area contributed by atoms with E-state index in [9.17, 15) is 8.42 Å². The average molecular weight is 415 g/mol. The summed E-state index contributed by atoms with van der Waals surface area (Å²) < 4.78 is 25.5. The van der Waals surface area contributed by atoms with Crippen molar-refractivity contribution in [2.45, 2.75) is 24.3 Å². The van der Waals surface area contributed by atoms with E-state index in [1.54, 1.807) is 31.3 Å². The fourth-order valence-electron chi connectivity index (χ4n) is 3.55. The van der Waals surface area contributed by atoms with Gasteiger partial charge in [0.2, 0.25) is 0 Å². The predicted octanol–water partition coefficient (Wildman–Crippen LogP) is 2.64. The zero-order valence-corrected chi connectivity index (χ0v) is 18.0. The number of benzene rings is 2. The number of nitrogens with one attached hydrogen (secondary N) is 1. The van der Waals surface area contributed by atoms with Crippen LogP contribution in [-0.4, -0.2) is 64.3 Å². The van der Waals surface area contributed by atoms with Gasteiger partial charge in [0.15, 0.2) is 15.8 Å². The van der Waals surface area contributed by atoms with E-state index < -0.39 is 9.84 Å². The summed E-state index contributed by atoms with van der Waals surface area (Å²) in [6.45, 7) is 5.50.